The first-order valence-corrected chi connectivity index (χ1v) is 4.29. The summed E-state index contributed by atoms with van der Waals surface area (Å²) >= 11 is 0. The van der Waals surface area contributed by atoms with Crippen LogP contribution < -0.4 is 4.74 Å². The van der Waals surface area contributed by atoms with E-state index in [4.69, 9.17) is 11.3 Å². The summed E-state index contributed by atoms with van der Waals surface area (Å²) in [7, 11) is 1.43. The third-order valence-electron chi connectivity index (χ3n) is 2.07. The average molecular weight is 206 g/mol. The molecule has 1 atom stereocenters. The molecule has 0 N–H and O–H groups in total. The third kappa shape index (κ3) is 2.23. The number of nitro benzene ring substituents is 1. The zero-order chi connectivity index (χ0) is 11.4. The molecular formula is C10H10N2O3. The van der Waals surface area contributed by atoms with Crippen molar-refractivity contribution in [3.63, 3.8) is 0 Å². The monoisotopic (exact) mass is 206 g/mol. The van der Waals surface area contributed by atoms with Gasteiger partial charge in [-0.2, -0.15) is 0 Å². The zero-order valence-electron chi connectivity index (χ0n) is 8.43. The molecule has 0 heterocycles. The van der Waals surface area contributed by atoms with Crippen molar-refractivity contribution in [3.8, 4) is 5.75 Å². The van der Waals surface area contributed by atoms with E-state index in [1.54, 1.807) is 13.0 Å². The van der Waals surface area contributed by atoms with Crippen LogP contribution in [0.3, 0.4) is 0 Å². The van der Waals surface area contributed by atoms with Gasteiger partial charge in [0.1, 0.15) is 5.75 Å². The van der Waals surface area contributed by atoms with Crippen molar-refractivity contribution in [1.82, 2.24) is 0 Å². The number of hydrogen-bond acceptors (Lipinski definition) is 3. The highest BCUT2D eigenvalue weighted by atomic mass is 16.6. The molecule has 1 aromatic rings. The molecule has 1 aromatic carbocycles. The Hall–Kier alpha value is -2.09. The van der Waals surface area contributed by atoms with Crippen molar-refractivity contribution in [2.45, 2.75) is 13.0 Å². The highest BCUT2D eigenvalue weighted by molar-refractivity contribution is 5.46. The van der Waals surface area contributed by atoms with Gasteiger partial charge in [-0.1, -0.05) is 0 Å². The lowest BCUT2D eigenvalue weighted by Gasteiger charge is -2.06. The standard InChI is InChI=1S/C10H10N2O3/c1-7(11-2)9-5-4-8(12(13)14)6-10(9)15-3/h4-7H,1,3H3. The Kier molecular flexibility index (Phi) is 3.24. The lowest BCUT2D eigenvalue weighted by molar-refractivity contribution is -0.384. The third-order valence-corrected chi connectivity index (χ3v) is 2.07. The van der Waals surface area contributed by atoms with Crippen LogP contribution in [-0.2, 0) is 0 Å². The molecule has 0 aromatic heterocycles. The number of methoxy groups -OCH3 is 1. The van der Waals surface area contributed by atoms with E-state index in [0.717, 1.165) is 0 Å². The molecule has 0 aliphatic carbocycles. The zero-order valence-corrected chi connectivity index (χ0v) is 8.43. The van der Waals surface area contributed by atoms with Gasteiger partial charge in [0.05, 0.1) is 23.7 Å². The summed E-state index contributed by atoms with van der Waals surface area (Å²) in [4.78, 5) is 13.4. The van der Waals surface area contributed by atoms with Crippen LogP contribution in [0.1, 0.15) is 18.5 Å². The SMILES string of the molecule is [C-]#[N+]C(C)c1ccc([N+](=O)[O-])cc1OC. The van der Waals surface area contributed by atoms with E-state index in [9.17, 15) is 10.1 Å². The van der Waals surface area contributed by atoms with Crippen LogP contribution in [-0.4, -0.2) is 12.0 Å². The van der Waals surface area contributed by atoms with E-state index in [-0.39, 0.29) is 11.7 Å². The molecule has 0 bridgehead atoms. The highest BCUT2D eigenvalue weighted by Gasteiger charge is 2.18. The van der Waals surface area contributed by atoms with Gasteiger partial charge in [-0.3, -0.25) is 10.1 Å². The van der Waals surface area contributed by atoms with Crippen molar-refractivity contribution in [2.75, 3.05) is 7.11 Å². The van der Waals surface area contributed by atoms with Gasteiger partial charge in [0.15, 0.2) is 0 Å². The minimum atomic E-state index is -0.491. The number of rotatable bonds is 3. The Morgan fingerprint density at radius 2 is 2.27 bits per heavy atom. The van der Waals surface area contributed by atoms with Gasteiger partial charge in [-0.15, -0.1) is 0 Å². The number of nitro groups is 1. The molecule has 0 fully saturated rings. The first kappa shape index (κ1) is 11.0. The fourth-order valence-corrected chi connectivity index (χ4v) is 1.23. The average Bonchev–Trinajstić information content (AvgIpc) is 2.27. The second kappa shape index (κ2) is 4.42. The molecule has 0 saturated carbocycles. The summed E-state index contributed by atoms with van der Waals surface area (Å²) in [6, 6.07) is 3.90. The molecule has 0 saturated heterocycles. The Balaban J connectivity index is 3.22. The molecule has 0 spiro atoms. The minimum Gasteiger partial charge on any atom is -0.496 e. The predicted molar refractivity (Wildman–Crippen MR) is 54.7 cm³/mol. The normalized spacial score (nSPS) is 11.5. The Labute approximate surface area is 87.3 Å². The quantitative estimate of drug-likeness (QED) is 0.434. The summed E-state index contributed by atoms with van der Waals surface area (Å²) in [5, 5.41) is 10.5. The van der Waals surface area contributed by atoms with Crippen LogP contribution in [0.2, 0.25) is 0 Å². The summed E-state index contributed by atoms with van der Waals surface area (Å²) in [6.07, 6.45) is 0. The second-order valence-electron chi connectivity index (χ2n) is 2.99. The van der Waals surface area contributed by atoms with Crippen LogP contribution in [0.25, 0.3) is 4.85 Å². The Bertz CT molecular complexity index is 423. The summed E-state index contributed by atoms with van der Waals surface area (Å²) < 4.78 is 5.01. The molecule has 5 heteroatoms. The fraction of sp³-hybridized carbons (Fsp3) is 0.300. The highest BCUT2D eigenvalue weighted by Crippen LogP contribution is 2.30. The van der Waals surface area contributed by atoms with Gasteiger partial charge in [-0.25, -0.2) is 6.57 Å². The van der Waals surface area contributed by atoms with Gasteiger partial charge >= 0.3 is 0 Å². The Morgan fingerprint density at radius 1 is 1.60 bits per heavy atom. The molecule has 1 rings (SSSR count). The molecule has 5 nitrogen and oxygen atoms in total. The number of benzene rings is 1. The van der Waals surface area contributed by atoms with Gasteiger partial charge in [0, 0.05) is 13.0 Å². The van der Waals surface area contributed by atoms with Gasteiger partial charge in [0.2, 0.25) is 6.04 Å². The molecule has 78 valence electrons. The molecule has 0 radical (unpaired) electrons. The van der Waals surface area contributed by atoms with Gasteiger partial charge in [-0.05, 0) is 6.07 Å². The van der Waals surface area contributed by atoms with Crippen LogP contribution in [0.4, 0.5) is 5.69 Å². The number of nitrogens with zero attached hydrogens (tertiary/aromatic N) is 2. The van der Waals surface area contributed by atoms with Crippen molar-refractivity contribution in [1.29, 1.82) is 0 Å². The number of ether oxygens (including phenoxy) is 1. The van der Waals surface area contributed by atoms with E-state index < -0.39 is 4.92 Å². The number of hydrogen-bond donors (Lipinski definition) is 0. The predicted octanol–water partition coefficient (Wildman–Crippen LogP) is 2.58. The second-order valence-corrected chi connectivity index (χ2v) is 2.99. The van der Waals surface area contributed by atoms with Gasteiger partial charge < -0.3 is 9.58 Å². The maximum Gasteiger partial charge on any atom is 0.273 e. The van der Waals surface area contributed by atoms with Crippen molar-refractivity contribution in [2.24, 2.45) is 0 Å². The summed E-state index contributed by atoms with van der Waals surface area (Å²) in [6.45, 7) is 8.61. The number of non-ortho nitro benzene ring substituents is 1. The molecule has 15 heavy (non-hydrogen) atoms. The van der Waals surface area contributed by atoms with E-state index in [0.29, 0.717) is 11.3 Å². The van der Waals surface area contributed by atoms with Crippen molar-refractivity contribution in [3.05, 3.63) is 45.3 Å². The maximum absolute atomic E-state index is 10.5. The largest absolute Gasteiger partial charge is 0.496 e. The topological polar surface area (TPSA) is 56.7 Å². The molecule has 0 amide bonds. The van der Waals surface area contributed by atoms with Gasteiger partial charge in [0.25, 0.3) is 5.69 Å². The molecule has 0 aliphatic heterocycles. The molecule has 1 unspecified atom stereocenters. The first-order valence-electron chi connectivity index (χ1n) is 4.29. The lowest BCUT2D eigenvalue weighted by atomic mass is 10.1. The smallest absolute Gasteiger partial charge is 0.273 e. The van der Waals surface area contributed by atoms with Crippen molar-refractivity contribution >= 4 is 5.69 Å². The summed E-state index contributed by atoms with van der Waals surface area (Å²) in [5.74, 6) is 0.382. The van der Waals surface area contributed by atoms with Crippen LogP contribution in [0, 0.1) is 16.7 Å². The van der Waals surface area contributed by atoms with Crippen molar-refractivity contribution < 1.29 is 9.66 Å². The fourth-order valence-electron chi connectivity index (χ4n) is 1.23. The first-order chi connectivity index (χ1) is 7.10. The van der Waals surface area contributed by atoms with Crippen LogP contribution in [0.15, 0.2) is 18.2 Å². The lowest BCUT2D eigenvalue weighted by Crippen LogP contribution is -1.96. The van der Waals surface area contributed by atoms with E-state index in [1.807, 2.05) is 0 Å². The molecular weight excluding hydrogens is 196 g/mol. The van der Waals surface area contributed by atoms with Crippen LogP contribution >= 0.6 is 0 Å². The summed E-state index contributed by atoms with van der Waals surface area (Å²) in [5.41, 5.74) is 0.630. The van der Waals surface area contributed by atoms with Crippen LogP contribution in [0.5, 0.6) is 5.75 Å². The minimum absolute atomic E-state index is 0.0345. The van der Waals surface area contributed by atoms with E-state index in [2.05, 4.69) is 4.85 Å². The van der Waals surface area contributed by atoms with E-state index in [1.165, 1.54) is 19.2 Å². The van der Waals surface area contributed by atoms with E-state index >= 15 is 0 Å². The Morgan fingerprint density at radius 3 is 2.73 bits per heavy atom. The maximum atomic E-state index is 10.5. The molecule has 0 aliphatic rings.